The second-order valence-corrected chi connectivity index (χ2v) is 4.81. The quantitative estimate of drug-likeness (QED) is 0.399. The van der Waals surface area contributed by atoms with E-state index in [0.29, 0.717) is 13.0 Å². The van der Waals surface area contributed by atoms with Crippen molar-refractivity contribution in [3.8, 4) is 0 Å². The molecule has 0 heterocycles. The number of hydrogen-bond donors (Lipinski definition) is 1. The first-order valence-electron chi connectivity index (χ1n) is 4.06. The van der Waals surface area contributed by atoms with Crippen LogP contribution in [0.3, 0.4) is 0 Å². The molecule has 0 amide bonds. The second kappa shape index (κ2) is 4.90. The van der Waals surface area contributed by atoms with Crippen molar-refractivity contribution in [2.45, 2.75) is 32.7 Å². The molecule has 0 atom stereocenters. The van der Waals surface area contributed by atoms with E-state index in [1.807, 2.05) is 20.8 Å². The van der Waals surface area contributed by atoms with Gasteiger partial charge in [0.15, 0.2) is 0 Å². The summed E-state index contributed by atoms with van der Waals surface area (Å²) in [5.74, 6) is 0. The molecule has 0 unspecified atom stereocenters. The molecule has 0 aromatic heterocycles. The first-order valence-corrected chi connectivity index (χ1v) is 5.39. The predicted molar refractivity (Wildman–Crippen MR) is 48.0 cm³/mol. The fourth-order valence-corrected chi connectivity index (χ4v) is 1.02. The van der Waals surface area contributed by atoms with E-state index in [0.717, 1.165) is 0 Å². The first kappa shape index (κ1) is 12.8. The van der Waals surface area contributed by atoms with Crippen LogP contribution in [0.4, 0.5) is 0 Å². The van der Waals surface area contributed by atoms with Crippen LogP contribution in [-0.2, 0) is 14.6 Å². The van der Waals surface area contributed by atoms with E-state index in [1.54, 1.807) is 0 Å². The Morgan fingerprint density at radius 2 is 1.92 bits per heavy atom. The third kappa shape index (κ3) is 11.8. The molecule has 13 heavy (non-hydrogen) atoms. The molecular formula is C7H16NO4S-. The molecule has 0 radical (unpaired) electrons. The molecule has 0 aliphatic carbocycles. The summed E-state index contributed by atoms with van der Waals surface area (Å²) >= 11 is 0. The van der Waals surface area contributed by atoms with Gasteiger partial charge < -0.3 is 9.87 Å². The van der Waals surface area contributed by atoms with Crippen LogP contribution in [0, 0.1) is 0 Å². The summed E-state index contributed by atoms with van der Waals surface area (Å²) in [7, 11) is -4.52. The van der Waals surface area contributed by atoms with Gasteiger partial charge in [0.05, 0.1) is 6.61 Å². The minimum atomic E-state index is -4.52. The third-order valence-electron chi connectivity index (χ3n) is 1.20. The van der Waals surface area contributed by atoms with Crippen molar-refractivity contribution in [1.82, 2.24) is 5.32 Å². The van der Waals surface area contributed by atoms with Gasteiger partial charge in [0.2, 0.25) is 10.4 Å². The number of rotatable bonds is 5. The fraction of sp³-hybridized carbons (Fsp3) is 1.00. The average molecular weight is 210 g/mol. The van der Waals surface area contributed by atoms with Gasteiger partial charge in [-0.2, -0.15) is 0 Å². The molecule has 6 heteroatoms. The van der Waals surface area contributed by atoms with Crippen molar-refractivity contribution in [2.24, 2.45) is 0 Å². The van der Waals surface area contributed by atoms with E-state index in [-0.39, 0.29) is 12.1 Å². The minimum absolute atomic E-state index is 0.00363. The minimum Gasteiger partial charge on any atom is -0.726 e. The van der Waals surface area contributed by atoms with Crippen LogP contribution in [-0.4, -0.2) is 31.7 Å². The maximum Gasteiger partial charge on any atom is 0.217 e. The zero-order valence-corrected chi connectivity index (χ0v) is 8.98. The smallest absolute Gasteiger partial charge is 0.217 e. The maximum absolute atomic E-state index is 9.99. The number of hydrogen-bond acceptors (Lipinski definition) is 5. The van der Waals surface area contributed by atoms with Gasteiger partial charge in [-0.1, -0.05) is 0 Å². The van der Waals surface area contributed by atoms with E-state index >= 15 is 0 Å². The number of nitrogens with one attached hydrogen (secondary N) is 1. The van der Waals surface area contributed by atoms with E-state index in [2.05, 4.69) is 9.50 Å². The SMILES string of the molecule is CC(C)(C)NCCCOS(=O)(=O)[O-]. The summed E-state index contributed by atoms with van der Waals surface area (Å²) < 4.78 is 34.0. The lowest BCUT2D eigenvalue weighted by molar-refractivity contribution is 0.253. The lowest BCUT2D eigenvalue weighted by atomic mass is 10.1. The highest BCUT2D eigenvalue weighted by molar-refractivity contribution is 7.80. The summed E-state index contributed by atoms with van der Waals surface area (Å²) in [6.07, 6.45) is 0.499. The Morgan fingerprint density at radius 1 is 1.38 bits per heavy atom. The van der Waals surface area contributed by atoms with Crippen molar-refractivity contribution in [2.75, 3.05) is 13.2 Å². The van der Waals surface area contributed by atoms with E-state index in [4.69, 9.17) is 0 Å². The molecular weight excluding hydrogens is 194 g/mol. The Morgan fingerprint density at radius 3 is 2.31 bits per heavy atom. The Hall–Kier alpha value is -0.170. The monoisotopic (exact) mass is 210 g/mol. The Balaban J connectivity index is 3.39. The Bertz CT molecular complexity index is 229. The van der Waals surface area contributed by atoms with Crippen LogP contribution in [0.15, 0.2) is 0 Å². The van der Waals surface area contributed by atoms with Crippen molar-refractivity contribution in [3.63, 3.8) is 0 Å². The summed E-state index contributed by atoms with van der Waals surface area (Å²) in [6.45, 7) is 6.56. The predicted octanol–water partition coefficient (Wildman–Crippen LogP) is 0.241. The molecule has 0 aliphatic rings. The standard InChI is InChI=1S/C7H17NO4S/c1-7(2,3)8-5-4-6-12-13(9,10)11/h8H,4-6H2,1-3H3,(H,9,10,11)/p-1. The van der Waals surface area contributed by atoms with Gasteiger partial charge in [-0.25, -0.2) is 8.42 Å². The second-order valence-electron chi connectivity index (χ2n) is 3.76. The topological polar surface area (TPSA) is 78.5 Å². The molecule has 0 bridgehead atoms. The van der Waals surface area contributed by atoms with Crippen LogP contribution in [0.2, 0.25) is 0 Å². The molecule has 0 saturated heterocycles. The van der Waals surface area contributed by atoms with Gasteiger partial charge in [0.25, 0.3) is 0 Å². The van der Waals surface area contributed by atoms with Crippen molar-refractivity contribution in [1.29, 1.82) is 0 Å². The largest absolute Gasteiger partial charge is 0.726 e. The highest BCUT2D eigenvalue weighted by Crippen LogP contribution is 1.98. The first-order chi connectivity index (χ1) is 5.71. The van der Waals surface area contributed by atoms with Gasteiger partial charge >= 0.3 is 0 Å². The molecule has 0 spiro atoms. The van der Waals surface area contributed by atoms with Gasteiger partial charge in [0, 0.05) is 5.54 Å². The van der Waals surface area contributed by atoms with E-state index < -0.39 is 10.4 Å². The van der Waals surface area contributed by atoms with Gasteiger partial charge in [0.1, 0.15) is 0 Å². The van der Waals surface area contributed by atoms with Crippen molar-refractivity contribution in [3.05, 3.63) is 0 Å². The highest BCUT2D eigenvalue weighted by atomic mass is 32.3. The highest BCUT2D eigenvalue weighted by Gasteiger charge is 2.07. The summed E-state index contributed by atoms with van der Waals surface area (Å²) in [6, 6.07) is 0. The lowest BCUT2D eigenvalue weighted by Gasteiger charge is -2.20. The van der Waals surface area contributed by atoms with Crippen LogP contribution in [0.1, 0.15) is 27.2 Å². The van der Waals surface area contributed by atoms with Gasteiger partial charge in [-0.15, -0.1) is 0 Å². The molecule has 0 rings (SSSR count). The molecule has 1 N–H and O–H groups in total. The Labute approximate surface area is 79.4 Å². The van der Waals surface area contributed by atoms with Crippen LogP contribution >= 0.6 is 0 Å². The lowest BCUT2D eigenvalue weighted by Crippen LogP contribution is -2.36. The van der Waals surface area contributed by atoms with Crippen LogP contribution in [0.25, 0.3) is 0 Å². The van der Waals surface area contributed by atoms with Crippen LogP contribution < -0.4 is 5.32 Å². The molecule has 0 saturated carbocycles. The molecule has 0 aromatic carbocycles. The summed E-state index contributed by atoms with van der Waals surface area (Å²) in [5, 5.41) is 3.13. The average Bonchev–Trinajstić information content (AvgIpc) is 1.81. The van der Waals surface area contributed by atoms with Gasteiger partial charge in [-0.3, -0.25) is 4.18 Å². The van der Waals surface area contributed by atoms with E-state index in [1.165, 1.54) is 0 Å². The molecule has 0 aliphatic heterocycles. The summed E-state index contributed by atoms with van der Waals surface area (Å²) in [5.41, 5.74) is -0.00363. The van der Waals surface area contributed by atoms with Crippen LogP contribution in [0.5, 0.6) is 0 Å². The Kier molecular flexibility index (Phi) is 4.83. The molecule has 80 valence electrons. The summed E-state index contributed by atoms with van der Waals surface area (Å²) in [4.78, 5) is 0. The fourth-order valence-electron chi connectivity index (χ4n) is 0.697. The zero-order chi connectivity index (χ0) is 10.5. The van der Waals surface area contributed by atoms with Crippen molar-refractivity contribution >= 4 is 10.4 Å². The zero-order valence-electron chi connectivity index (χ0n) is 8.16. The maximum atomic E-state index is 9.99. The van der Waals surface area contributed by atoms with Crippen molar-refractivity contribution < 1.29 is 17.2 Å². The van der Waals surface area contributed by atoms with Gasteiger partial charge in [-0.05, 0) is 33.7 Å². The molecule has 5 nitrogen and oxygen atoms in total. The van der Waals surface area contributed by atoms with E-state index in [9.17, 15) is 13.0 Å². The molecule has 0 aromatic rings. The molecule has 0 fully saturated rings. The third-order valence-corrected chi connectivity index (χ3v) is 1.66. The normalized spacial score (nSPS) is 13.2.